The molecule has 5 rings (SSSR count). The van der Waals surface area contributed by atoms with Gasteiger partial charge in [0, 0.05) is 44.2 Å². The van der Waals surface area contributed by atoms with Gasteiger partial charge in [0.05, 0.1) is 17.8 Å². The number of ether oxygens (including phenoxy) is 1. The Bertz CT molecular complexity index is 956. The van der Waals surface area contributed by atoms with Crippen molar-refractivity contribution in [3.8, 4) is 0 Å². The molecule has 0 bridgehead atoms. The van der Waals surface area contributed by atoms with Gasteiger partial charge in [-0.3, -0.25) is 0 Å². The number of nitrogens with zero attached hydrogens (tertiary/aromatic N) is 4. The number of likely N-dealkylation sites (N-methyl/N-ethyl adjacent to an activating group) is 1. The number of nitrogens with one attached hydrogen (secondary N) is 1. The number of aldehydes is 1. The number of urea groups is 1. The highest BCUT2D eigenvalue weighted by Gasteiger charge is 2.65. The number of alkyl halides is 3. The zero-order valence-corrected chi connectivity index (χ0v) is 19.9. The summed E-state index contributed by atoms with van der Waals surface area (Å²) in [6.07, 6.45) is 1.17. The maximum absolute atomic E-state index is 13.4. The van der Waals surface area contributed by atoms with Crippen molar-refractivity contribution in [3.05, 3.63) is 23.8 Å². The van der Waals surface area contributed by atoms with E-state index in [0.29, 0.717) is 50.8 Å². The first kappa shape index (κ1) is 24.4. The van der Waals surface area contributed by atoms with E-state index in [0.717, 1.165) is 19.1 Å². The summed E-state index contributed by atoms with van der Waals surface area (Å²) in [7, 11) is 1.83. The van der Waals surface area contributed by atoms with Crippen molar-refractivity contribution in [2.45, 2.75) is 62.3 Å². The summed E-state index contributed by atoms with van der Waals surface area (Å²) >= 11 is 0. The van der Waals surface area contributed by atoms with E-state index in [9.17, 15) is 22.8 Å². The highest BCUT2D eigenvalue weighted by Crippen LogP contribution is 2.58. The lowest BCUT2D eigenvalue weighted by Crippen LogP contribution is -2.67. The minimum atomic E-state index is -4.27. The van der Waals surface area contributed by atoms with Gasteiger partial charge >= 0.3 is 12.2 Å². The molecular formula is C24H32F3N5O3. The fourth-order valence-electron chi connectivity index (χ4n) is 6.24. The third-order valence-electron chi connectivity index (χ3n) is 8.30. The number of carbonyl (C=O) groups excluding carboxylic acids is 2. The first-order valence-corrected chi connectivity index (χ1v) is 12.3. The molecule has 192 valence electrons. The van der Waals surface area contributed by atoms with Gasteiger partial charge in [0.25, 0.3) is 0 Å². The predicted octanol–water partition coefficient (Wildman–Crippen LogP) is 2.32. The molecule has 3 heterocycles. The number of halogens is 3. The Morgan fingerprint density at radius 1 is 1.29 bits per heavy atom. The number of hydrogen-bond donors (Lipinski definition) is 1. The molecule has 2 aliphatic heterocycles. The van der Waals surface area contributed by atoms with Crippen molar-refractivity contribution in [1.82, 2.24) is 25.1 Å². The lowest BCUT2D eigenvalue weighted by atomic mass is 9.57. The zero-order valence-electron chi connectivity index (χ0n) is 19.9. The molecule has 1 aromatic rings. The third kappa shape index (κ3) is 4.52. The molecule has 1 N–H and O–H groups in total. The average molecular weight is 496 g/mol. The number of hydrogen-bond acceptors (Lipinski definition) is 6. The van der Waals surface area contributed by atoms with E-state index < -0.39 is 11.6 Å². The summed E-state index contributed by atoms with van der Waals surface area (Å²) in [4.78, 5) is 35.9. The van der Waals surface area contributed by atoms with Gasteiger partial charge in [0.2, 0.25) is 0 Å². The van der Waals surface area contributed by atoms with Crippen LogP contribution in [-0.4, -0.2) is 90.2 Å². The molecule has 4 aliphatic rings. The molecule has 0 radical (unpaired) electrons. The average Bonchev–Trinajstić information content (AvgIpc) is 3.60. The van der Waals surface area contributed by atoms with Gasteiger partial charge in [-0.2, -0.15) is 13.2 Å². The standard InChI is InChI=1S/C24H32F3N5O3/c1-28-17-13-31(7-3-18(17)35-9-8-33)21(34)32-14-22(15-32)11-16(12-22)10-20-29-6-2-19(30-20)23(4-5-23)24(25,26)27/h2,6,8,16-18,28H,3-5,7,9-15H2,1H3/t17-,18+/m1/s1. The van der Waals surface area contributed by atoms with Gasteiger partial charge in [-0.05, 0) is 51.1 Å². The third-order valence-corrected chi connectivity index (χ3v) is 8.30. The first-order chi connectivity index (χ1) is 16.7. The minimum absolute atomic E-state index is 0.0149. The molecule has 35 heavy (non-hydrogen) atoms. The van der Waals surface area contributed by atoms with Gasteiger partial charge in [0.15, 0.2) is 0 Å². The monoisotopic (exact) mass is 495 g/mol. The Kier molecular flexibility index (Phi) is 6.27. The Hall–Kier alpha value is -2.27. The predicted molar refractivity (Wildman–Crippen MR) is 120 cm³/mol. The van der Waals surface area contributed by atoms with Crippen molar-refractivity contribution in [1.29, 1.82) is 0 Å². The smallest absolute Gasteiger partial charge is 0.369 e. The van der Waals surface area contributed by atoms with Crippen molar-refractivity contribution in [2.24, 2.45) is 11.3 Å². The molecule has 8 nitrogen and oxygen atoms in total. The Balaban J connectivity index is 1.09. The van der Waals surface area contributed by atoms with Crippen molar-refractivity contribution in [3.63, 3.8) is 0 Å². The highest BCUT2D eigenvalue weighted by atomic mass is 19.4. The highest BCUT2D eigenvalue weighted by molar-refractivity contribution is 5.76. The molecule has 0 aromatic carbocycles. The van der Waals surface area contributed by atoms with Crippen LogP contribution in [-0.2, 0) is 21.4 Å². The van der Waals surface area contributed by atoms with Crippen LogP contribution in [0.2, 0.25) is 0 Å². The molecule has 2 atom stereocenters. The molecule has 0 unspecified atom stereocenters. The molecule has 2 aliphatic carbocycles. The first-order valence-electron chi connectivity index (χ1n) is 12.3. The second-order valence-corrected chi connectivity index (χ2v) is 10.7. The summed E-state index contributed by atoms with van der Waals surface area (Å²) in [5.74, 6) is 0.825. The van der Waals surface area contributed by atoms with Gasteiger partial charge in [-0.25, -0.2) is 14.8 Å². The molecule has 1 aromatic heterocycles. The minimum Gasteiger partial charge on any atom is -0.369 e. The van der Waals surface area contributed by atoms with E-state index >= 15 is 0 Å². The van der Waals surface area contributed by atoms with Gasteiger partial charge in [0.1, 0.15) is 24.1 Å². The van der Waals surface area contributed by atoms with Gasteiger partial charge < -0.3 is 24.6 Å². The normalized spacial score (nSPS) is 27.3. The van der Waals surface area contributed by atoms with E-state index in [-0.39, 0.29) is 48.7 Å². The number of rotatable bonds is 7. The van der Waals surface area contributed by atoms with E-state index in [1.54, 1.807) is 0 Å². The molecular weight excluding hydrogens is 463 g/mol. The lowest BCUT2D eigenvalue weighted by molar-refractivity contribution is -0.161. The molecule has 2 saturated carbocycles. The van der Waals surface area contributed by atoms with Crippen LogP contribution in [0.1, 0.15) is 43.6 Å². The van der Waals surface area contributed by atoms with Crippen LogP contribution in [0.3, 0.4) is 0 Å². The van der Waals surface area contributed by atoms with Crippen molar-refractivity contribution >= 4 is 12.3 Å². The van der Waals surface area contributed by atoms with Crippen LogP contribution in [0.5, 0.6) is 0 Å². The molecule has 4 fully saturated rings. The van der Waals surface area contributed by atoms with Crippen LogP contribution in [0, 0.1) is 11.3 Å². The second-order valence-electron chi connectivity index (χ2n) is 10.7. The largest absolute Gasteiger partial charge is 0.399 e. The fraction of sp³-hybridized carbons (Fsp3) is 0.750. The Morgan fingerprint density at radius 2 is 2.03 bits per heavy atom. The topological polar surface area (TPSA) is 87.7 Å². The number of amides is 2. The maximum atomic E-state index is 13.4. The van der Waals surface area contributed by atoms with Crippen LogP contribution >= 0.6 is 0 Å². The Morgan fingerprint density at radius 3 is 2.66 bits per heavy atom. The second kappa shape index (κ2) is 8.99. The summed E-state index contributed by atoms with van der Waals surface area (Å²) in [5.41, 5.74) is -1.55. The lowest BCUT2D eigenvalue weighted by Gasteiger charge is -2.59. The number of likely N-dealkylation sites (tertiary alicyclic amines) is 2. The number of carbonyl (C=O) groups is 2. The molecule has 11 heteroatoms. The quantitative estimate of drug-likeness (QED) is 0.585. The SMILES string of the molecule is CN[C@@H]1CN(C(=O)N2CC3(CC(Cc4nccc(C5(C(F)(F)F)CC5)n4)C3)C2)CC[C@@H]1OCC=O. The Labute approximate surface area is 202 Å². The fourth-order valence-corrected chi connectivity index (χ4v) is 6.24. The van der Waals surface area contributed by atoms with E-state index in [4.69, 9.17) is 4.74 Å². The van der Waals surface area contributed by atoms with Crippen LogP contribution in [0.4, 0.5) is 18.0 Å². The maximum Gasteiger partial charge on any atom is 0.399 e. The van der Waals surface area contributed by atoms with Gasteiger partial charge in [-0.15, -0.1) is 0 Å². The van der Waals surface area contributed by atoms with Crippen LogP contribution < -0.4 is 5.32 Å². The number of piperidine rings is 1. The molecule has 1 spiro atoms. The zero-order chi connectivity index (χ0) is 24.8. The summed E-state index contributed by atoms with van der Waals surface area (Å²) in [6, 6.07) is 1.42. The van der Waals surface area contributed by atoms with E-state index in [2.05, 4.69) is 15.3 Å². The van der Waals surface area contributed by atoms with Gasteiger partial charge in [-0.1, -0.05) is 0 Å². The molecule has 2 amide bonds. The van der Waals surface area contributed by atoms with Crippen molar-refractivity contribution < 1.29 is 27.5 Å². The summed E-state index contributed by atoms with van der Waals surface area (Å²) in [5, 5.41) is 3.19. The van der Waals surface area contributed by atoms with Crippen molar-refractivity contribution in [2.75, 3.05) is 39.8 Å². The molecule has 2 saturated heterocycles. The van der Waals surface area contributed by atoms with Crippen LogP contribution in [0.15, 0.2) is 12.3 Å². The van der Waals surface area contributed by atoms with Crippen LogP contribution in [0.25, 0.3) is 0 Å². The summed E-state index contributed by atoms with van der Waals surface area (Å²) < 4.78 is 45.9. The van der Waals surface area contributed by atoms with E-state index in [1.807, 2.05) is 16.8 Å². The van der Waals surface area contributed by atoms with E-state index in [1.165, 1.54) is 12.3 Å². The summed E-state index contributed by atoms with van der Waals surface area (Å²) in [6.45, 7) is 2.63. The number of aromatic nitrogens is 2.